The molecule has 9 heteroatoms. The number of β-amino-alcohol motifs (C(OH)–C–C–N with tert-alkyl or cyclic N) is 1. The number of rotatable bonds is 4. The second kappa shape index (κ2) is 7.18. The van der Waals surface area contributed by atoms with Crippen LogP contribution in [0.5, 0.6) is 0 Å². The average Bonchev–Trinajstić information content (AvgIpc) is 3.32. The molecular formula is C21H27N5O3S. The van der Waals surface area contributed by atoms with Crippen LogP contribution in [0, 0.1) is 5.92 Å². The van der Waals surface area contributed by atoms with Crippen LogP contribution in [-0.2, 0) is 10.0 Å². The maximum absolute atomic E-state index is 12.8. The zero-order valence-electron chi connectivity index (χ0n) is 17.1. The van der Waals surface area contributed by atoms with Crippen LogP contribution in [0.2, 0.25) is 0 Å². The highest BCUT2D eigenvalue weighted by Gasteiger charge is 2.39. The summed E-state index contributed by atoms with van der Waals surface area (Å²) < 4.78 is 27.1. The molecule has 0 bridgehead atoms. The second-order valence-corrected chi connectivity index (χ2v) is 10.9. The molecule has 5 heterocycles. The van der Waals surface area contributed by atoms with Crippen molar-refractivity contribution in [2.45, 2.75) is 31.8 Å². The normalized spacial score (nSPS) is 24.3. The molecule has 3 aromatic rings. The number of fused-ring (bicyclic) bond motifs is 3. The number of nitrogens with zero attached hydrogens (tertiary/aromatic N) is 4. The van der Waals surface area contributed by atoms with Crippen LogP contribution in [0.25, 0.3) is 21.9 Å². The molecule has 0 amide bonds. The Morgan fingerprint density at radius 3 is 2.80 bits per heavy atom. The van der Waals surface area contributed by atoms with E-state index >= 15 is 0 Å². The largest absolute Gasteiger partial charge is 0.389 e. The Morgan fingerprint density at radius 2 is 2.07 bits per heavy atom. The van der Waals surface area contributed by atoms with Gasteiger partial charge in [0.25, 0.3) is 0 Å². The van der Waals surface area contributed by atoms with Gasteiger partial charge in [-0.2, -0.15) is 4.31 Å². The molecule has 2 N–H and O–H groups in total. The Bertz CT molecular complexity index is 1180. The minimum Gasteiger partial charge on any atom is -0.389 e. The van der Waals surface area contributed by atoms with Gasteiger partial charge in [0.15, 0.2) is 0 Å². The molecule has 2 fully saturated rings. The third kappa shape index (κ3) is 3.55. The molecule has 0 aromatic carbocycles. The van der Waals surface area contributed by atoms with Crippen LogP contribution in [-0.4, -0.2) is 70.3 Å². The fourth-order valence-corrected chi connectivity index (χ4v) is 6.75. The van der Waals surface area contributed by atoms with Gasteiger partial charge in [-0.15, -0.1) is 0 Å². The molecule has 5 rings (SSSR count). The first kappa shape index (κ1) is 19.7. The van der Waals surface area contributed by atoms with Crippen molar-refractivity contribution in [3.8, 4) is 0 Å². The summed E-state index contributed by atoms with van der Waals surface area (Å²) in [4.78, 5) is 14.5. The highest BCUT2D eigenvalue weighted by atomic mass is 32.2. The van der Waals surface area contributed by atoms with Crippen LogP contribution in [0.3, 0.4) is 0 Å². The smallest absolute Gasteiger partial charge is 0.214 e. The summed E-state index contributed by atoms with van der Waals surface area (Å²) in [6.07, 6.45) is 7.70. The fraction of sp³-hybridized carbons (Fsp3) is 0.524. The zero-order chi connectivity index (χ0) is 20.9. The summed E-state index contributed by atoms with van der Waals surface area (Å²) >= 11 is 0. The molecule has 30 heavy (non-hydrogen) atoms. The van der Waals surface area contributed by atoms with Crippen LogP contribution in [0.1, 0.15) is 26.2 Å². The second-order valence-electron chi connectivity index (χ2n) is 8.88. The first-order chi connectivity index (χ1) is 14.3. The predicted octanol–water partition coefficient (Wildman–Crippen LogP) is 2.11. The minimum absolute atomic E-state index is 0.138. The Morgan fingerprint density at radius 1 is 1.27 bits per heavy atom. The maximum Gasteiger partial charge on any atom is 0.214 e. The molecule has 2 saturated heterocycles. The molecule has 2 aliphatic rings. The topological polar surface area (TPSA) is 102 Å². The van der Waals surface area contributed by atoms with Crippen molar-refractivity contribution in [3.05, 3.63) is 30.7 Å². The van der Waals surface area contributed by atoms with Crippen molar-refractivity contribution >= 4 is 37.6 Å². The van der Waals surface area contributed by atoms with E-state index in [2.05, 4.69) is 25.9 Å². The summed E-state index contributed by atoms with van der Waals surface area (Å²) in [6, 6.07) is 4.00. The van der Waals surface area contributed by atoms with E-state index in [9.17, 15) is 13.5 Å². The van der Waals surface area contributed by atoms with Gasteiger partial charge in [-0.25, -0.2) is 13.4 Å². The van der Waals surface area contributed by atoms with Crippen molar-refractivity contribution in [2.24, 2.45) is 5.92 Å². The van der Waals surface area contributed by atoms with Gasteiger partial charge in [-0.3, -0.25) is 4.98 Å². The number of nitrogens with one attached hydrogen (secondary N) is 1. The zero-order valence-corrected chi connectivity index (χ0v) is 17.9. The summed E-state index contributed by atoms with van der Waals surface area (Å²) in [5.74, 6) is 0.303. The molecule has 8 nitrogen and oxygen atoms in total. The van der Waals surface area contributed by atoms with Gasteiger partial charge < -0.3 is 15.0 Å². The summed E-state index contributed by atoms with van der Waals surface area (Å²) in [7, 11) is -3.34. The molecule has 0 spiro atoms. The number of sulfonamides is 1. The van der Waals surface area contributed by atoms with Crippen molar-refractivity contribution < 1.29 is 13.5 Å². The van der Waals surface area contributed by atoms with E-state index in [-0.39, 0.29) is 18.2 Å². The fourth-order valence-electron chi connectivity index (χ4n) is 4.76. The Kier molecular flexibility index (Phi) is 4.72. The van der Waals surface area contributed by atoms with Crippen LogP contribution >= 0.6 is 0 Å². The molecule has 0 radical (unpaired) electrons. The molecule has 160 valence electrons. The Hall–Kier alpha value is -2.23. The quantitative estimate of drug-likeness (QED) is 0.659. The lowest BCUT2D eigenvalue weighted by molar-refractivity contribution is 0.0762. The summed E-state index contributed by atoms with van der Waals surface area (Å²) in [5.41, 5.74) is 1.91. The number of anilines is 1. The average molecular weight is 430 g/mol. The number of aromatic amines is 1. The van der Waals surface area contributed by atoms with Crippen molar-refractivity contribution in [2.75, 3.05) is 36.8 Å². The summed E-state index contributed by atoms with van der Waals surface area (Å²) in [5, 5.41) is 12.3. The highest BCUT2D eigenvalue weighted by Crippen LogP contribution is 2.34. The molecule has 2 aliphatic heterocycles. The van der Waals surface area contributed by atoms with Crippen molar-refractivity contribution in [3.63, 3.8) is 0 Å². The standard InChI is InChI=1S/C21H27N5O3S/c1-21(27)6-10-26(14-21)30(28,29)13-15-4-8-25(9-5-15)18-12-24-20-19(18)16-3-2-7-22-17(16)11-23-20/h2-3,7,11-12,15,27H,4-6,8-10,13-14H2,1H3,(H,23,24). The number of piperidine rings is 1. The third-order valence-electron chi connectivity index (χ3n) is 6.47. The van der Waals surface area contributed by atoms with Crippen LogP contribution < -0.4 is 4.90 Å². The number of hydrogen-bond donors (Lipinski definition) is 2. The lowest BCUT2D eigenvalue weighted by Crippen LogP contribution is -2.40. The van der Waals surface area contributed by atoms with Gasteiger partial charge in [-0.05, 0) is 38.2 Å². The Balaban J connectivity index is 1.30. The summed E-state index contributed by atoms with van der Waals surface area (Å²) in [6.45, 7) is 3.94. The van der Waals surface area contributed by atoms with E-state index in [0.717, 1.165) is 53.6 Å². The van der Waals surface area contributed by atoms with Gasteiger partial charge >= 0.3 is 0 Å². The lowest BCUT2D eigenvalue weighted by atomic mass is 9.98. The third-order valence-corrected chi connectivity index (χ3v) is 8.47. The number of aliphatic hydroxyl groups is 1. The maximum atomic E-state index is 12.8. The van der Waals surface area contributed by atoms with Crippen molar-refractivity contribution in [1.29, 1.82) is 0 Å². The number of pyridine rings is 2. The van der Waals surface area contributed by atoms with E-state index in [0.29, 0.717) is 13.0 Å². The highest BCUT2D eigenvalue weighted by molar-refractivity contribution is 7.89. The lowest BCUT2D eigenvalue weighted by Gasteiger charge is -2.33. The molecule has 3 aromatic heterocycles. The number of aromatic nitrogens is 3. The van der Waals surface area contributed by atoms with Gasteiger partial charge in [0.05, 0.1) is 34.1 Å². The van der Waals surface area contributed by atoms with E-state index in [1.165, 1.54) is 4.31 Å². The Labute approximate surface area is 176 Å². The van der Waals surface area contributed by atoms with E-state index < -0.39 is 15.6 Å². The van der Waals surface area contributed by atoms with Gasteiger partial charge in [0.1, 0.15) is 5.65 Å². The number of hydrogen-bond acceptors (Lipinski definition) is 6. The van der Waals surface area contributed by atoms with Gasteiger partial charge in [0, 0.05) is 44.0 Å². The van der Waals surface area contributed by atoms with E-state index in [4.69, 9.17) is 0 Å². The molecule has 0 saturated carbocycles. The van der Waals surface area contributed by atoms with Crippen LogP contribution in [0.15, 0.2) is 30.7 Å². The molecule has 1 unspecified atom stereocenters. The predicted molar refractivity (Wildman–Crippen MR) is 117 cm³/mol. The van der Waals surface area contributed by atoms with Gasteiger partial charge in [0.2, 0.25) is 10.0 Å². The van der Waals surface area contributed by atoms with Gasteiger partial charge in [-0.1, -0.05) is 6.07 Å². The molecule has 0 aliphatic carbocycles. The van der Waals surface area contributed by atoms with E-state index in [1.807, 2.05) is 12.3 Å². The van der Waals surface area contributed by atoms with Crippen molar-refractivity contribution in [1.82, 2.24) is 19.3 Å². The van der Waals surface area contributed by atoms with Crippen LogP contribution in [0.4, 0.5) is 5.69 Å². The molecular weight excluding hydrogens is 402 g/mol. The first-order valence-electron chi connectivity index (χ1n) is 10.5. The number of H-pyrrole nitrogens is 1. The van der Waals surface area contributed by atoms with E-state index in [1.54, 1.807) is 19.3 Å². The monoisotopic (exact) mass is 429 g/mol. The minimum atomic E-state index is -3.34. The molecule has 1 atom stereocenters. The SMILES string of the molecule is CC1(O)CCN(S(=O)(=O)CC2CCN(c3c[nH]c4ncc5ncccc5c34)CC2)C1. The first-order valence-corrected chi connectivity index (χ1v) is 12.1.